The van der Waals surface area contributed by atoms with Crippen LogP contribution >= 0.6 is 0 Å². The van der Waals surface area contributed by atoms with Crippen molar-refractivity contribution < 1.29 is 0 Å². The number of hydrogen-bond acceptors (Lipinski definition) is 3. The summed E-state index contributed by atoms with van der Waals surface area (Å²) in [6.45, 7) is 7.85. The summed E-state index contributed by atoms with van der Waals surface area (Å²) < 4.78 is 0. The molecule has 1 aromatic rings. The summed E-state index contributed by atoms with van der Waals surface area (Å²) in [5.41, 5.74) is 2.25. The lowest BCUT2D eigenvalue weighted by atomic mass is 10.1. The van der Waals surface area contributed by atoms with E-state index < -0.39 is 0 Å². The number of piperidine rings is 1. The van der Waals surface area contributed by atoms with E-state index in [4.69, 9.17) is 0 Å². The molecule has 1 saturated heterocycles. The smallest absolute Gasteiger partial charge is 0.0762 e. The Bertz CT molecular complexity index is 315. The Labute approximate surface area is 104 Å². The van der Waals surface area contributed by atoms with Crippen molar-refractivity contribution in [1.82, 2.24) is 20.4 Å². The third-order valence-corrected chi connectivity index (χ3v) is 3.34. The minimum atomic E-state index is 0.879. The summed E-state index contributed by atoms with van der Waals surface area (Å²) in [6.07, 6.45) is 5.44. The lowest BCUT2D eigenvalue weighted by Crippen LogP contribution is -2.32. The van der Waals surface area contributed by atoms with E-state index >= 15 is 0 Å². The van der Waals surface area contributed by atoms with Gasteiger partial charge in [0.25, 0.3) is 0 Å². The second-order valence-corrected chi connectivity index (χ2v) is 4.97. The van der Waals surface area contributed by atoms with Crippen molar-refractivity contribution >= 4 is 0 Å². The number of aryl methyl sites for hydroxylation is 1. The molecule has 17 heavy (non-hydrogen) atoms. The van der Waals surface area contributed by atoms with Crippen LogP contribution in [0, 0.1) is 6.92 Å². The van der Waals surface area contributed by atoms with Gasteiger partial charge in [-0.15, -0.1) is 0 Å². The van der Waals surface area contributed by atoms with Crippen LogP contribution < -0.4 is 5.32 Å². The van der Waals surface area contributed by atoms with Gasteiger partial charge in [0, 0.05) is 12.2 Å². The maximum Gasteiger partial charge on any atom is 0.0762 e. The fourth-order valence-electron chi connectivity index (χ4n) is 2.39. The molecule has 0 atom stereocenters. The predicted molar refractivity (Wildman–Crippen MR) is 69.9 cm³/mol. The average Bonchev–Trinajstić information content (AvgIpc) is 2.76. The van der Waals surface area contributed by atoms with Crippen LogP contribution in [0.3, 0.4) is 0 Å². The van der Waals surface area contributed by atoms with E-state index in [-0.39, 0.29) is 0 Å². The molecule has 2 rings (SSSR count). The van der Waals surface area contributed by atoms with Gasteiger partial charge in [-0.05, 0) is 58.4 Å². The number of hydrogen-bond donors (Lipinski definition) is 2. The molecule has 0 radical (unpaired) electrons. The van der Waals surface area contributed by atoms with Gasteiger partial charge in [0.2, 0.25) is 0 Å². The van der Waals surface area contributed by atoms with Gasteiger partial charge >= 0.3 is 0 Å². The zero-order chi connectivity index (χ0) is 11.9. The van der Waals surface area contributed by atoms with Gasteiger partial charge < -0.3 is 10.2 Å². The standard InChI is InChI=1S/C13H24N4/c1-12-10-13(16-15-12)11-14-6-5-9-17-7-3-2-4-8-17/h10,14H,2-9,11H2,1H3,(H,15,16). The van der Waals surface area contributed by atoms with Crippen molar-refractivity contribution in [2.75, 3.05) is 26.2 Å². The van der Waals surface area contributed by atoms with Crippen LogP contribution in [0.15, 0.2) is 6.07 Å². The van der Waals surface area contributed by atoms with Crippen molar-refractivity contribution in [3.63, 3.8) is 0 Å². The Hall–Kier alpha value is -0.870. The van der Waals surface area contributed by atoms with Crippen molar-refractivity contribution in [2.45, 2.75) is 39.2 Å². The number of rotatable bonds is 6. The summed E-state index contributed by atoms with van der Waals surface area (Å²) in [4.78, 5) is 2.59. The van der Waals surface area contributed by atoms with Gasteiger partial charge in [0.15, 0.2) is 0 Å². The van der Waals surface area contributed by atoms with Crippen LogP contribution in [-0.2, 0) is 6.54 Å². The molecule has 4 nitrogen and oxygen atoms in total. The van der Waals surface area contributed by atoms with E-state index in [9.17, 15) is 0 Å². The van der Waals surface area contributed by atoms with Gasteiger partial charge in [-0.3, -0.25) is 5.10 Å². The molecular formula is C13H24N4. The van der Waals surface area contributed by atoms with Crippen LogP contribution in [-0.4, -0.2) is 41.3 Å². The second-order valence-electron chi connectivity index (χ2n) is 4.97. The van der Waals surface area contributed by atoms with Crippen molar-refractivity contribution in [1.29, 1.82) is 0 Å². The lowest BCUT2D eigenvalue weighted by molar-refractivity contribution is 0.225. The Kier molecular flexibility index (Phi) is 5.01. The number of likely N-dealkylation sites (tertiary alicyclic amines) is 1. The summed E-state index contributed by atoms with van der Waals surface area (Å²) in [5, 5.41) is 10.6. The maximum atomic E-state index is 4.21. The summed E-state index contributed by atoms with van der Waals surface area (Å²) >= 11 is 0. The molecular weight excluding hydrogens is 212 g/mol. The topological polar surface area (TPSA) is 44.0 Å². The van der Waals surface area contributed by atoms with E-state index in [1.807, 2.05) is 6.92 Å². The quantitative estimate of drug-likeness (QED) is 0.739. The highest BCUT2D eigenvalue weighted by Crippen LogP contribution is 2.08. The molecule has 4 heteroatoms. The van der Waals surface area contributed by atoms with Crippen LogP contribution in [0.2, 0.25) is 0 Å². The molecule has 1 aromatic heterocycles. The van der Waals surface area contributed by atoms with Crippen molar-refractivity contribution in [3.05, 3.63) is 17.5 Å². The zero-order valence-electron chi connectivity index (χ0n) is 10.8. The Morgan fingerprint density at radius 1 is 1.35 bits per heavy atom. The molecule has 0 bridgehead atoms. The second kappa shape index (κ2) is 6.77. The number of nitrogens with zero attached hydrogens (tertiary/aromatic N) is 2. The Morgan fingerprint density at radius 3 is 2.88 bits per heavy atom. The fraction of sp³-hybridized carbons (Fsp3) is 0.769. The SMILES string of the molecule is Cc1cc(CNCCCN2CCCCC2)n[nH]1. The van der Waals surface area contributed by atoms with E-state index in [1.165, 1.54) is 45.3 Å². The number of H-pyrrole nitrogens is 1. The lowest BCUT2D eigenvalue weighted by Gasteiger charge is -2.26. The maximum absolute atomic E-state index is 4.21. The van der Waals surface area contributed by atoms with Crippen LogP contribution in [0.25, 0.3) is 0 Å². The van der Waals surface area contributed by atoms with E-state index in [2.05, 4.69) is 26.5 Å². The molecule has 0 aliphatic carbocycles. The molecule has 1 fully saturated rings. The Balaban J connectivity index is 1.51. The Morgan fingerprint density at radius 2 is 2.18 bits per heavy atom. The highest BCUT2D eigenvalue weighted by Gasteiger charge is 2.08. The molecule has 96 valence electrons. The first-order chi connectivity index (χ1) is 8.34. The van der Waals surface area contributed by atoms with Gasteiger partial charge in [-0.2, -0.15) is 5.10 Å². The van der Waals surface area contributed by atoms with Crippen LogP contribution in [0.4, 0.5) is 0 Å². The minimum Gasteiger partial charge on any atom is -0.311 e. The molecule has 0 saturated carbocycles. The van der Waals surface area contributed by atoms with Gasteiger partial charge in [0.1, 0.15) is 0 Å². The zero-order valence-corrected chi connectivity index (χ0v) is 10.8. The van der Waals surface area contributed by atoms with Gasteiger partial charge in [-0.25, -0.2) is 0 Å². The first-order valence-electron chi connectivity index (χ1n) is 6.78. The van der Waals surface area contributed by atoms with Gasteiger partial charge in [-0.1, -0.05) is 6.42 Å². The first-order valence-corrected chi connectivity index (χ1v) is 6.78. The number of aromatic nitrogens is 2. The third-order valence-electron chi connectivity index (χ3n) is 3.34. The normalized spacial score (nSPS) is 17.5. The van der Waals surface area contributed by atoms with Gasteiger partial charge in [0.05, 0.1) is 5.69 Å². The summed E-state index contributed by atoms with van der Waals surface area (Å²) in [6, 6.07) is 2.09. The summed E-state index contributed by atoms with van der Waals surface area (Å²) in [5.74, 6) is 0. The average molecular weight is 236 g/mol. The van der Waals surface area contributed by atoms with Crippen LogP contribution in [0.1, 0.15) is 37.1 Å². The largest absolute Gasteiger partial charge is 0.311 e. The number of aromatic amines is 1. The van der Waals surface area contributed by atoms with E-state index in [0.29, 0.717) is 0 Å². The van der Waals surface area contributed by atoms with E-state index in [0.717, 1.165) is 24.5 Å². The van der Waals surface area contributed by atoms with Crippen LogP contribution in [0.5, 0.6) is 0 Å². The third kappa shape index (κ3) is 4.48. The predicted octanol–water partition coefficient (Wildman–Crippen LogP) is 1.68. The molecule has 2 N–H and O–H groups in total. The fourth-order valence-corrected chi connectivity index (χ4v) is 2.39. The molecule has 0 spiro atoms. The monoisotopic (exact) mass is 236 g/mol. The molecule has 1 aliphatic rings. The minimum absolute atomic E-state index is 0.879. The molecule has 0 unspecified atom stereocenters. The summed E-state index contributed by atoms with van der Waals surface area (Å²) in [7, 11) is 0. The van der Waals surface area contributed by atoms with E-state index in [1.54, 1.807) is 0 Å². The molecule has 0 aromatic carbocycles. The molecule has 2 heterocycles. The van der Waals surface area contributed by atoms with Crippen molar-refractivity contribution in [2.24, 2.45) is 0 Å². The molecule has 0 amide bonds. The van der Waals surface area contributed by atoms with Crippen molar-refractivity contribution in [3.8, 4) is 0 Å². The highest BCUT2D eigenvalue weighted by molar-refractivity contribution is 5.05. The number of nitrogens with one attached hydrogen (secondary N) is 2. The first kappa shape index (κ1) is 12.6. The highest BCUT2D eigenvalue weighted by atomic mass is 15.1. The molecule has 1 aliphatic heterocycles.